The number of amides is 1. The quantitative estimate of drug-likeness (QED) is 0.689. The second-order valence-electron chi connectivity index (χ2n) is 2.61. The van der Waals surface area contributed by atoms with Crippen molar-refractivity contribution in [2.75, 3.05) is 6.61 Å². The van der Waals surface area contributed by atoms with Crippen molar-refractivity contribution >= 4 is 5.91 Å². The number of aromatic nitrogens is 1. The van der Waals surface area contributed by atoms with Crippen molar-refractivity contribution in [1.29, 1.82) is 0 Å². The van der Waals surface area contributed by atoms with Gasteiger partial charge in [-0.05, 0) is 11.6 Å². The number of nitrogens with one attached hydrogen (secondary N) is 1. The van der Waals surface area contributed by atoms with E-state index in [0.717, 1.165) is 5.56 Å². The molecule has 1 amide bonds. The van der Waals surface area contributed by atoms with E-state index in [-0.39, 0.29) is 18.9 Å². The van der Waals surface area contributed by atoms with Gasteiger partial charge in [-0.1, -0.05) is 6.07 Å². The third-order valence-electron chi connectivity index (χ3n) is 1.55. The lowest BCUT2D eigenvalue weighted by Crippen LogP contribution is -2.23. The maximum Gasteiger partial charge on any atom is 0.222 e. The van der Waals surface area contributed by atoms with Crippen molar-refractivity contribution < 1.29 is 9.90 Å². The molecule has 4 nitrogen and oxygen atoms in total. The fraction of sp³-hybridized carbons (Fsp3) is 0.333. The molecular formula is C9H12N2O2. The van der Waals surface area contributed by atoms with Crippen LogP contribution in [0.3, 0.4) is 0 Å². The van der Waals surface area contributed by atoms with Gasteiger partial charge in [0, 0.05) is 25.4 Å². The summed E-state index contributed by atoms with van der Waals surface area (Å²) >= 11 is 0. The summed E-state index contributed by atoms with van der Waals surface area (Å²) < 4.78 is 0. The molecule has 0 saturated carbocycles. The van der Waals surface area contributed by atoms with Crippen LogP contribution in [0.15, 0.2) is 24.5 Å². The normalized spacial score (nSPS) is 9.62. The number of aliphatic hydroxyl groups excluding tert-OH is 1. The topological polar surface area (TPSA) is 62.2 Å². The van der Waals surface area contributed by atoms with Crippen molar-refractivity contribution in [3.63, 3.8) is 0 Å². The van der Waals surface area contributed by atoms with E-state index in [0.29, 0.717) is 6.54 Å². The molecule has 13 heavy (non-hydrogen) atoms. The number of hydrogen-bond donors (Lipinski definition) is 2. The van der Waals surface area contributed by atoms with Gasteiger partial charge in [0.1, 0.15) is 0 Å². The van der Waals surface area contributed by atoms with E-state index in [1.165, 1.54) is 0 Å². The van der Waals surface area contributed by atoms with Gasteiger partial charge in [0.2, 0.25) is 5.91 Å². The second kappa shape index (κ2) is 5.27. The highest BCUT2D eigenvalue weighted by Gasteiger charge is 1.98. The zero-order chi connectivity index (χ0) is 9.52. The van der Waals surface area contributed by atoms with Gasteiger partial charge in [0.05, 0.1) is 6.61 Å². The van der Waals surface area contributed by atoms with E-state index < -0.39 is 0 Å². The van der Waals surface area contributed by atoms with Gasteiger partial charge in [-0.25, -0.2) is 0 Å². The Kier molecular flexibility index (Phi) is 3.92. The van der Waals surface area contributed by atoms with E-state index in [2.05, 4.69) is 10.3 Å². The van der Waals surface area contributed by atoms with E-state index >= 15 is 0 Å². The first-order valence-corrected chi connectivity index (χ1v) is 4.09. The van der Waals surface area contributed by atoms with E-state index in [1.807, 2.05) is 12.1 Å². The highest BCUT2D eigenvalue weighted by molar-refractivity contribution is 5.75. The molecule has 0 atom stereocenters. The summed E-state index contributed by atoms with van der Waals surface area (Å²) in [7, 11) is 0. The molecule has 0 radical (unpaired) electrons. The Hall–Kier alpha value is -1.42. The highest BCUT2D eigenvalue weighted by Crippen LogP contribution is 1.94. The lowest BCUT2D eigenvalue weighted by Gasteiger charge is -2.02. The first-order chi connectivity index (χ1) is 6.33. The Morgan fingerprint density at radius 1 is 1.62 bits per heavy atom. The molecule has 0 fully saturated rings. The minimum atomic E-state index is -0.147. The molecule has 1 rings (SSSR count). The van der Waals surface area contributed by atoms with E-state index in [1.54, 1.807) is 12.4 Å². The molecule has 0 saturated heterocycles. The average molecular weight is 180 g/mol. The van der Waals surface area contributed by atoms with Crippen molar-refractivity contribution in [3.05, 3.63) is 30.1 Å². The highest BCUT2D eigenvalue weighted by atomic mass is 16.3. The molecule has 0 aliphatic carbocycles. The molecule has 0 bridgehead atoms. The number of aliphatic hydroxyl groups is 1. The Balaban J connectivity index is 2.31. The number of hydrogen-bond acceptors (Lipinski definition) is 3. The minimum absolute atomic E-state index is 0.112. The van der Waals surface area contributed by atoms with Crippen LogP contribution in [0.1, 0.15) is 12.0 Å². The number of nitrogens with zero attached hydrogens (tertiary/aromatic N) is 1. The number of rotatable bonds is 4. The molecule has 1 aromatic heterocycles. The van der Waals surface area contributed by atoms with Gasteiger partial charge in [-0.15, -0.1) is 0 Å². The van der Waals surface area contributed by atoms with Gasteiger partial charge in [-0.3, -0.25) is 9.78 Å². The molecular weight excluding hydrogens is 168 g/mol. The van der Waals surface area contributed by atoms with Crippen LogP contribution in [0, 0.1) is 0 Å². The van der Waals surface area contributed by atoms with Gasteiger partial charge >= 0.3 is 0 Å². The Morgan fingerprint density at radius 3 is 3.08 bits per heavy atom. The number of carbonyl (C=O) groups is 1. The third-order valence-corrected chi connectivity index (χ3v) is 1.55. The average Bonchev–Trinajstić information content (AvgIpc) is 2.17. The smallest absolute Gasteiger partial charge is 0.222 e. The minimum Gasteiger partial charge on any atom is -0.396 e. The molecule has 1 aromatic rings. The molecule has 0 unspecified atom stereocenters. The van der Waals surface area contributed by atoms with Crippen LogP contribution in [-0.2, 0) is 11.3 Å². The van der Waals surface area contributed by atoms with Crippen LogP contribution in [0.4, 0.5) is 0 Å². The van der Waals surface area contributed by atoms with Gasteiger partial charge in [-0.2, -0.15) is 0 Å². The molecule has 1 heterocycles. The summed E-state index contributed by atoms with van der Waals surface area (Å²) in [6.45, 7) is 0.353. The Bertz CT molecular complexity index is 262. The zero-order valence-electron chi connectivity index (χ0n) is 7.23. The Morgan fingerprint density at radius 2 is 2.46 bits per heavy atom. The maximum atomic E-state index is 10.9. The van der Waals surface area contributed by atoms with Crippen LogP contribution in [0.25, 0.3) is 0 Å². The standard InChI is InChI=1S/C9H12N2O2/c12-5-3-9(13)11-7-8-2-1-4-10-6-8/h1-2,4,6,12H,3,5,7H2,(H,11,13). The lowest BCUT2D eigenvalue weighted by molar-refractivity contribution is -0.121. The van der Waals surface area contributed by atoms with Crippen LogP contribution in [0.5, 0.6) is 0 Å². The maximum absolute atomic E-state index is 10.9. The Labute approximate surface area is 76.6 Å². The molecule has 0 aliphatic heterocycles. The summed E-state index contributed by atoms with van der Waals surface area (Å²) in [5.41, 5.74) is 0.953. The predicted molar refractivity (Wildman–Crippen MR) is 47.8 cm³/mol. The SMILES string of the molecule is O=C(CCO)NCc1cccnc1. The van der Waals surface area contributed by atoms with Crippen molar-refractivity contribution in [1.82, 2.24) is 10.3 Å². The van der Waals surface area contributed by atoms with Crippen LogP contribution in [0.2, 0.25) is 0 Å². The fourth-order valence-electron chi connectivity index (χ4n) is 0.893. The lowest BCUT2D eigenvalue weighted by atomic mass is 10.3. The monoisotopic (exact) mass is 180 g/mol. The summed E-state index contributed by atoms with van der Waals surface area (Å²) in [6.07, 6.45) is 3.53. The summed E-state index contributed by atoms with van der Waals surface area (Å²) in [4.78, 5) is 14.8. The van der Waals surface area contributed by atoms with Gasteiger partial charge < -0.3 is 10.4 Å². The van der Waals surface area contributed by atoms with Crippen molar-refractivity contribution in [2.24, 2.45) is 0 Å². The second-order valence-corrected chi connectivity index (χ2v) is 2.61. The largest absolute Gasteiger partial charge is 0.396 e. The van der Waals surface area contributed by atoms with Crippen molar-refractivity contribution in [3.8, 4) is 0 Å². The van der Waals surface area contributed by atoms with Crippen LogP contribution in [-0.4, -0.2) is 22.6 Å². The van der Waals surface area contributed by atoms with Crippen molar-refractivity contribution in [2.45, 2.75) is 13.0 Å². The van der Waals surface area contributed by atoms with Crippen LogP contribution < -0.4 is 5.32 Å². The van der Waals surface area contributed by atoms with E-state index in [4.69, 9.17) is 5.11 Å². The zero-order valence-corrected chi connectivity index (χ0v) is 7.23. The first-order valence-electron chi connectivity index (χ1n) is 4.09. The van der Waals surface area contributed by atoms with Gasteiger partial charge in [0.25, 0.3) is 0 Å². The predicted octanol–water partition coefficient (Wildman–Crippen LogP) is 0.0802. The van der Waals surface area contributed by atoms with Gasteiger partial charge in [0.15, 0.2) is 0 Å². The number of pyridine rings is 1. The summed E-state index contributed by atoms with van der Waals surface area (Å²) in [6, 6.07) is 3.69. The summed E-state index contributed by atoms with van der Waals surface area (Å²) in [5, 5.41) is 11.1. The first kappa shape index (κ1) is 9.67. The number of carbonyl (C=O) groups excluding carboxylic acids is 1. The molecule has 0 aromatic carbocycles. The van der Waals surface area contributed by atoms with E-state index in [9.17, 15) is 4.79 Å². The molecule has 70 valence electrons. The molecule has 4 heteroatoms. The van der Waals surface area contributed by atoms with Crippen LogP contribution >= 0.6 is 0 Å². The fourth-order valence-corrected chi connectivity index (χ4v) is 0.893. The molecule has 2 N–H and O–H groups in total. The molecule has 0 aliphatic rings. The molecule has 0 spiro atoms. The third kappa shape index (κ3) is 3.66. The summed E-state index contributed by atoms with van der Waals surface area (Å²) in [5.74, 6) is -0.147.